The summed E-state index contributed by atoms with van der Waals surface area (Å²) in [6.45, 7) is 2.02. The molecule has 0 bridgehead atoms. The Morgan fingerprint density at radius 3 is 2.70 bits per heavy atom. The first-order chi connectivity index (χ1) is 9.60. The largest absolute Gasteiger partial charge is 0.496 e. The molecular formula is C16H24N2OS. The van der Waals surface area contributed by atoms with Gasteiger partial charge in [0.2, 0.25) is 0 Å². The van der Waals surface area contributed by atoms with E-state index in [1.165, 1.54) is 25.7 Å². The maximum Gasteiger partial charge on any atom is 0.123 e. The summed E-state index contributed by atoms with van der Waals surface area (Å²) in [5.41, 5.74) is 7.77. The van der Waals surface area contributed by atoms with Crippen molar-refractivity contribution in [3.05, 3.63) is 29.3 Å². The van der Waals surface area contributed by atoms with Crippen LogP contribution in [-0.4, -0.2) is 30.6 Å². The van der Waals surface area contributed by atoms with Gasteiger partial charge < -0.3 is 15.4 Å². The van der Waals surface area contributed by atoms with Crippen molar-refractivity contribution >= 4 is 17.2 Å². The van der Waals surface area contributed by atoms with Gasteiger partial charge in [-0.25, -0.2) is 0 Å². The van der Waals surface area contributed by atoms with Gasteiger partial charge >= 0.3 is 0 Å². The SMILES string of the molecule is COc1ccc(C(N)=S)cc1CN(C)CC1CCCC1. The summed E-state index contributed by atoms with van der Waals surface area (Å²) in [7, 11) is 3.88. The van der Waals surface area contributed by atoms with E-state index < -0.39 is 0 Å². The summed E-state index contributed by atoms with van der Waals surface area (Å²) in [4.78, 5) is 2.81. The van der Waals surface area contributed by atoms with E-state index in [4.69, 9.17) is 22.7 Å². The van der Waals surface area contributed by atoms with Crippen LogP contribution in [0.15, 0.2) is 18.2 Å². The molecule has 1 saturated carbocycles. The molecule has 4 heteroatoms. The summed E-state index contributed by atoms with van der Waals surface area (Å²) in [5.74, 6) is 1.76. The number of benzene rings is 1. The van der Waals surface area contributed by atoms with E-state index in [1.807, 2.05) is 18.2 Å². The zero-order chi connectivity index (χ0) is 14.5. The van der Waals surface area contributed by atoms with Gasteiger partial charge in [0.1, 0.15) is 10.7 Å². The molecule has 2 rings (SSSR count). The number of nitrogens with two attached hydrogens (primary N) is 1. The van der Waals surface area contributed by atoms with E-state index in [1.54, 1.807) is 7.11 Å². The second-order valence-electron chi connectivity index (χ2n) is 5.74. The third kappa shape index (κ3) is 3.93. The first kappa shape index (κ1) is 15.3. The summed E-state index contributed by atoms with van der Waals surface area (Å²) in [5, 5.41) is 0. The molecule has 110 valence electrons. The Labute approximate surface area is 127 Å². The van der Waals surface area contributed by atoms with Crippen molar-refractivity contribution in [2.24, 2.45) is 11.7 Å². The number of nitrogens with zero attached hydrogens (tertiary/aromatic N) is 1. The summed E-state index contributed by atoms with van der Waals surface area (Å²) >= 11 is 5.05. The van der Waals surface area contributed by atoms with Crippen molar-refractivity contribution in [1.29, 1.82) is 0 Å². The molecule has 0 unspecified atom stereocenters. The fourth-order valence-corrected chi connectivity index (χ4v) is 3.17. The minimum atomic E-state index is 0.437. The molecule has 0 atom stereocenters. The molecule has 0 heterocycles. The Balaban J connectivity index is 2.05. The van der Waals surface area contributed by atoms with E-state index >= 15 is 0 Å². The lowest BCUT2D eigenvalue weighted by Crippen LogP contribution is -2.24. The highest BCUT2D eigenvalue weighted by Gasteiger charge is 2.17. The third-order valence-corrected chi connectivity index (χ3v) is 4.29. The Morgan fingerprint density at radius 1 is 1.40 bits per heavy atom. The minimum absolute atomic E-state index is 0.437. The van der Waals surface area contributed by atoms with Crippen LogP contribution >= 0.6 is 12.2 Å². The maximum atomic E-state index is 5.71. The standard InChI is InChI=1S/C16H24N2OS/c1-18(10-12-5-3-4-6-12)11-14-9-13(16(17)20)7-8-15(14)19-2/h7-9,12H,3-6,10-11H2,1-2H3,(H2,17,20). The van der Waals surface area contributed by atoms with Crippen molar-refractivity contribution in [3.8, 4) is 5.75 Å². The molecule has 1 aliphatic carbocycles. The van der Waals surface area contributed by atoms with Crippen molar-refractivity contribution in [1.82, 2.24) is 4.90 Å². The highest BCUT2D eigenvalue weighted by Crippen LogP contribution is 2.27. The highest BCUT2D eigenvalue weighted by molar-refractivity contribution is 7.80. The van der Waals surface area contributed by atoms with E-state index in [-0.39, 0.29) is 0 Å². The Morgan fingerprint density at radius 2 is 2.10 bits per heavy atom. The first-order valence-corrected chi connectivity index (χ1v) is 7.66. The molecule has 2 N–H and O–H groups in total. The summed E-state index contributed by atoms with van der Waals surface area (Å²) in [6.07, 6.45) is 5.51. The molecule has 0 aliphatic heterocycles. The van der Waals surface area contributed by atoms with Crippen molar-refractivity contribution in [2.75, 3.05) is 20.7 Å². The second-order valence-corrected chi connectivity index (χ2v) is 6.18. The molecular weight excluding hydrogens is 268 g/mol. The molecule has 1 fully saturated rings. The van der Waals surface area contributed by atoms with Gasteiger partial charge in [0.05, 0.1) is 7.11 Å². The van der Waals surface area contributed by atoms with Gasteiger partial charge in [-0.1, -0.05) is 25.1 Å². The molecule has 0 amide bonds. The number of hydrogen-bond donors (Lipinski definition) is 1. The molecule has 3 nitrogen and oxygen atoms in total. The van der Waals surface area contributed by atoms with Gasteiger partial charge in [-0.3, -0.25) is 0 Å². The topological polar surface area (TPSA) is 38.5 Å². The van der Waals surface area contributed by atoms with E-state index in [9.17, 15) is 0 Å². The Bertz CT molecular complexity index is 470. The van der Waals surface area contributed by atoms with Gasteiger partial charge in [0.15, 0.2) is 0 Å². The summed E-state index contributed by atoms with van der Waals surface area (Å²) < 4.78 is 5.44. The zero-order valence-corrected chi connectivity index (χ0v) is 13.2. The Kier molecular flexibility index (Phi) is 5.38. The fraction of sp³-hybridized carbons (Fsp3) is 0.562. The smallest absolute Gasteiger partial charge is 0.123 e. The molecule has 20 heavy (non-hydrogen) atoms. The van der Waals surface area contributed by atoms with Gasteiger partial charge in [0, 0.05) is 24.2 Å². The fourth-order valence-electron chi connectivity index (χ4n) is 3.04. The molecule has 1 aromatic rings. The first-order valence-electron chi connectivity index (χ1n) is 7.25. The van der Waals surface area contributed by atoms with Gasteiger partial charge in [0.25, 0.3) is 0 Å². The molecule has 0 radical (unpaired) electrons. The van der Waals surface area contributed by atoms with Crippen LogP contribution in [0.3, 0.4) is 0 Å². The maximum absolute atomic E-state index is 5.71. The van der Waals surface area contributed by atoms with Crippen LogP contribution in [0.1, 0.15) is 36.8 Å². The van der Waals surface area contributed by atoms with Crippen LogP contribution in [-0.2, 0) is 6.54 Å². The lowest BCUT2D eigenvalue weighted by atomic mass is 10.1. The quantitative estimate of drug-likeness (QED) is 0.818. The third-order valence-electron chi connectivity index (χ3n) is 4.05. The molecule has 0 spiro atoms. The average molecular weight is 292 g/mol. The highest BCUT2D eigenvalue weighted by atomic mass is 32.1. The number of methoxy groups -OCH3 is 1. The van der Waals surface area contributed by atoms with Gasteiger partial charge in [-0.15, -0.1) is 0 Å². The molecule has 1 aromatic carbocycles. The van der Waals surface area contributed by atoms with Crippen LogP contribution in [0.25, 0.3) is 0 Å². The number of ether oxygens (including phenoxy) is 1. The van der Waals surface area contributed by atoms with E-state index in [0.717, 1.165) is 35.9 Å². The van der Waals surface area contributed by atoms with Gasteiger partial charge in [-0.05, 0) is 44.0 Å². The van der Waals surface area contributed by atoms with Crippen LogP contribution in [0.5, 0.6) is 5.75 Å². The normalized spacial score (nSPS) is 15.8. The Hall–Kier alpha value is -1.13. The molecule has 0 aromatic heterocycles. The molecule has 1 aliphatic rings. The predicted octanol–water partition coefficient (Wildman–Crippen LogP) is 2.95. The average Bonchev–Trinajstić information content (AvgIpc) is 2.91. The monoisotopic (exact) mass is 292 g/mol. The van der Waals surface area contributed by atoms with Crippen LogP contribution in [0, 0.1) is 5.92 Å². The summed E-state index contributed by atoms with van der Waals surface area (Å²) in [6, 6.07) is 5.92. The van der Waals surface area contributed by atoms with Gasteiger partial charge in [-0.2, -0.15) is 0 Å². The molecule has 0 saturated heterocycles. The van der Waals surface area contributed by atoms with Crippen molar-refractivity contribution in [3.63, 3.8) is 0 Å². The number of hydrogen-bond acceptors (Lipinski definition) is 3. The lowest BCUT2D eigenvalue weighted by molar-refractivity contribution is 0.267. The lowest BCUT2D eigenvalue weighted by Gasteiger charge is -2.22. The van der Waals surface area contributed by atoms with Crippen molar-refractivity contribution in [2.45, 2.75) is 32.2 Å². The van der Waals surface area contributed by atoms with Crippen LogP contribution in [0.4, 0.5) is 0 Å². The van der Waals surface area contributed by atoms with Crippen molar-refractivity contribution < 1.29 is 4.74 Å². The minimum Gasteiger partial charge on any atom is -0.496 e. The second kappa shape index (κ2) is 7.04. The predicted molar refractivity (Wildman–Crippen MR) is 87.2 cm³/mol. The zero-order valence-electron chi connectivity index (χ0n) is 12.4. The van der Waals surface area contributed by atoms with E-state index in [2.05, 4.69) is 11.9 Å². The number of thiocarbonyl (C=S) groups is 1. The van der Waals surface area contributed by atoms with Crippen LogP contribution in [0.2, 0.25) is 0 Å². The number of rotatable bonds is 6. The van der Waals surface area contributed by atoms with E-state index in [0.29, 0.717) is 4.99 Å². The van der Waals surface area contributed by atoms with Crippen LogP contribution < -0.4 is 10.5 Å².